The third kappa shape index (κ3) is 28.5. The topological polar surface area (TPSA) is 55.8 Å². The van der Waals surface area contributed by atoms with Crippen molar-refractivity contribution in [1.29, 1.82) is 0 Å². The van der Waals surface area contributed by atoms with Gasteiger partial charge in [0.15, 0.2) is 0 Å². The smallest absolute Gasteiger partial charge is 0.305 e. The third-order valence-corrected chi connectivity index (χ3v) is 9.39. The number of esters is 1. The first-order valence-electron chi connectivity index (χ1n) is 19.3. The first-order valence-corrected chi connectivity index (χ1v) is 19.3. The zero-order valence-electron chi connectivity index (χ0n) is 30.6. The SMILES string of the molecule is CCN(CC)CCCCOC(CCCCCCCCCC=O)CCCCCCCCCC(=O)OCC(CCC(C)C)C(C)C. The molecule has 0 saturated carbocycles. The molecule has 44 heavy (non-hydrogen) atoms. The molecule has 0 fully saturated rings. The van der Waals surface area contributed by atoms with E-state index >= 15 is 0 Å². The highest BCUT2D eigenvalue weighted by molar-refractivity contribution is 5.69. The molecule has 2 atom stereocenters. The fraction of sp³-hybridized carbons (Fsp3) is 0.949. The summed E-state index contributed by atoms with van der Waals surface area (Å²) in [7, 11) is 0. The van der Waals surface area contributed by atoms with Crippen LogP contribution < -0.4 is 0 Å². The second-order valence-electron chi connectivity index (χ2n) is 14.1. The molecular weight excluding hydrogens is 546 g/mol. The van der Waals surface area contributed by atoms with E-state index in [1.165, 1.54) is 103 Å². The van der Waals surface area contributed by atoms with Crippen LogP contribution in [0, 0.1) is 17.8 Å². The molecule has 0 amide bonds. The van der Waals surface area contributed by atoms with Crippen LogP contribution in [0.3, 0.4) is 0 Å². The Bertz CT molecular complexity index is 619. The van der Waals surface area contributed by atoms with Crippen molar-refractivity contribution < 1.29 is 19.1 Å². The van der Waals surface area contributed by atoms with E-state index in [2.05, 4.69) is 46.4 Å². The molecule has 0 heterocycles. The van der Waals surface area contributed by atoms with Gasteiger partial charge in [-0.2, -0.15) is 0 Å². The maximum atomic E-state index is 12.2. The average molecular weight is 624 g/mol. The molecular formula is C39H77NO4. The van der Waals surface area contributed by atoms with Crippen LogP contribution in [0.2, 0.25) is 0 Å². The Balaban J connectivity index is 4.07. The average Bonchev–Trinajstić information content (AvgIpc) is 3.00. The molecule has 0 radical (unpaired) electrons. The molecule has 0 spiro atoms. The van der Waals surface area contributed by atoms with Gasteiger partial charge in [-0.1, -0.05) is 125 Å². The van der Waals surface area contributed by atoms with Gasteiger partial charge in [0.1, 0.15) is 6.29 Å². The van der Waals surface area contributed by atoms with Crippen molar-refractivity contribution >= 4 is 12.3 Å². The monoisotopic (exact) mass is 624 g/mol. The normalized spacial score (nSPS) is 13.2. The quantitative estimate of drug-likeness (QED) is 0.0405. The predicted molar refractivity (Wildman–Crippen MR) is 189 cm³/mol. The number of carbonyl (C=O) groups is 2. The molecule has 0 N–H and O–H groups in total. The number of ether oxygens (including phenoxy) is 2. The number of unbranched alkanes of at least 4 members (excludes halogenated alkanes) is 14. The van der Waals surface area contributed by atoms with Crippen molar-refractivity contribution in [3.8, 4) is 0 Å². The number of aldehydes is 1. The van der Waals surface area contributed by atoms with Gasteiger partial charge in [0.2, 0.25) is 0 Å². The van der Waals surface area contributed by atoms with Crippen LogP contribution in [0.15, 0.2) is 0 Å². The fourth-order valence-electron chi connectivity index (χ4n) is 5.98. The predicted octanol–water partition coefficient (Wildman–Crippen LogP) is 11.0. The van der Waals surface area contributed by atoms with E-state index < -0.39 is 0 Å². The second-order valence-corrected chi connectivity index (χ2v) is 14.1. The summed E-state index contributed by atoms with van der Waals surface area (Å²) in [6.07, 6.45) is 27.0. The Morgan fingerprint density at radius 2 is 1.20 bits per heavy atom. The maximum Gasteiger partial charge on any atom is 0.305 e. The van der Waals surface area contributed by atoms with Crippen molar-refractivity contribution in [2.75, 3.05) is 32.8 Å². The lowest BCUT2D eigenvalue weighted by molar-refractivity contribution is -0.145. The fourth-order valence-corrected chi connectivity index (χ4v) is 5.98. The minimum Gasteiger partial charge on any atom is -0.465 e. The molecule has 0 aliphatic rings. The van der Waals surface area contributed by atoms with E-state index in [0.717, 1.165) is 64.5 Å². The number of nitrogens with zero attached hydrogens (tertiary/aromatic N) is 1. The molecule has 262 valence electrons. The van der Waals surface area contributed by atoms with Gasteiger partial charge in [-0.3, -0.25) is 4.79 Å². The van der Waals surface area contributed by atoms with E-state index in [9.17, 15) is 9.59 Å². The molecule has 0 rings (SSSR count). The molecule has 5 nitrogen and oxygen atoms in total. The van der Waals surface area contributed by atoms with Crippen LogP contribution in [0.1, 0.15) is 183 Å². The molecule has 0 saturated heterocycles. The Kier molecular flexibility index (Phi) is 31.3. The number of carbonyl (C=O) groups excluding carboxylic acids is 2. The summed E-state index contributed by atoms with van der Waals surface area (Å²) in [5, 5.41) is 0. The van der Waals surface area contributed by atoms with Crippen LogP contribution in [-0.2, 0) is 19.1 Å². The van der Waals surface area contributed by atoms with Crippen LogP contribution in [-0.4, -0.2) is 56.1 Å². The van der Waals surface area contributed by atoms with Gasteiger partial charge < -0.3 is 19.2 Å². The highest BCUT2D eigenvalue weighted by Crippen LogP contribution is 2.21. The van der Waals surface area contributed by atoms with E-state index in [4.69, 9.17) is 9.47 Å². The second kappa shape index (κ2) is 32.0. The Morgan fingerprint density at radius 1 is 0.659 bits per heavy atom. The van der Waals surface area contributed by atoms with E-state index in [1.807, 2.05) is 0 Å². The molecule has 0 bridgehead atoms. The van der Waals surface area contributed by atoms with Crippen LogP contribution >= 0.6 is 0 Å². The first kappa shape index (κ1) is 43.1. The summed E-state index contributed by atoms with van der Waals surface area (Å²) in [6, 6.07) is 0. The summed E-state index contributed by atoms with van der Waals surface area (Å²) in [6.45, 7) is 18.5. The highest BCUT2D eigenvalue weighted by atomic mass is 16.5. The summed E-state index contributed by atoms with van der Waals surface area (Å²) >= 11 is 0. The van der Waals surface area contributed by atoms with Gasteiger partial charge in [-0.25, -0.2) is 0 Å². The minimum atomic E-state index is -0.00566. The highest BCUT2D eigenvalue weighted by Gasteiger charge is 2.16. The van der Waals surface area contributed by atoms with Crippen molar-refractivity contribution in [3.63, 3.8) is 0 Å². The molecule has 0 aromatic heterocycles. The Labute approximate surface area is 275 Å². The molecule has 5 heteroatoms. The van der Waals surface area contributed by atoms with Crippen molar-refractivity contribution in [2.24, 2.45) is 17.8 Å². The molecule has 2 unspecified atom stereocenters. The summed E-state index contributed by atoms with van der Waals surface area (Å²) in [4.78, 5) is 25.2. The summed E-state index contributed by atoms with van der Waals surface area (Å²) < 4.78 is 12.1. The zero-order chi connectivity index (χ0) is 32.7. The van der Waals surface area contributed by atoms with E-state index in [0.29, 0.717) is 36.9 Å². The van der Waals surface area contributed by atoms with Crippen molar-refractivity contribution in [3.05, 3.63) is 0 Å². The summed E-state index contributed by atoms with van der Waals surface area (Å²) in [5.41, 5.74) is 0. The maximum absolute atomic E-state index is 12.2. The molecule has 0 aliphatic carbocycles. The lowest BCUT2D eigenvalue weighted by atomic mass is 9.89. The van der Waals surface area contributed by atoms with Gasteiger partial charge in [-0.05, 0) is 82.3 Å². The van der Waals surface area contributed by atoms with Gasteiger partial charge >= 0.3 is 5.97 Å². The van der Waals surface area contributed by atoms with Crippen LogP contribution in [0.4, 0.5) is 0 Å². The largest absolute Gasteiger partial charge is 0.465 e. The Morgan fingerprint density at radius 3 is 1.73 bits per heavy atom. The molecule has 0 aromatic rings. The minimum absolute atomic E-state index is 0.00566. The van der Waals surface area contributed by atoms with Crippen LogP contribution in [0.5, 0.6) is 0 Å². The molecule has 0 aliphatic heterocycles. The van der Waals surface area contributed by atoms with Gasteiger partial charge in [0.05, 0.1) is 12.7 Å². The van der Waals surface area contributed by atoms with Gasteiger partial charge in [-0.15, -0.1) is 0 Å². The number of hydrogen-bond donors (Lipinski definition) is 0. The standard InChI is InChI=1S/C39H77NO4/c1-7-40(8-2)31-23-25-33-43-38(26-20-16-12-9-10-15-19-24-32-41)27-21-17-13-11-14-18-22-28-39(42)44-34-37(36(5)6)30-29-35(3)4/h32,35-38H,7-31,33-34H2,1-6H3. The Hall–Kier alpha value is -0.940. The number of hydrogen-bond acceptors (Lipinski definition) is 5. The molecule has 0 aromatic carbocycles. The first-order chi connectivity index (χ1) is 21.3. The summed E-state index contributed by atoms with van der Waals surface area (Å²) in [5.74, 6) is 1.75. The van der Waals surface area contributed by atoms with Gasteiger partial charge in [0.25, 0.3) is 0 Å². The third-order valence-electron chi connectivity index (χ3n) is 9.39. The van der Waals surface area contributed by atoms with Crippen molar-refractivity contribution in [2.45, 2.75) is 189 Å². The van der Waals surface area contributed by atoms with Crippen LogP contribution in [0.25, 0.3) is 0 Å². The number of rotatable bonds is 34. The lowest BCUT2D eigenvalue weighted by Gasteiger charge is -2.21. The zero-order valence-corrected chi connectivity index (χ0v) is 30.6. The van der Waals surface area contributed by atoms with Gasteiger partial charge in [0, 0.05) is 19.4 Å². The van der Waals surface area contributed by atoms with E-state index in [-0.39, 0.29) is 5.97 Å². The van der Waals surface area contributed by atoms with E-state index in [1.54, 1.807) is 0 Å². The van der Waals surface area contributed by atoms with Crippen molar-refractivity contribution in [1.82, 2.24) is 4.90 Å². The lowest BCUT2D eigenvalue weighted by Crippen LogP contribution is -2.24.